The van der Waals surface area contributed by atoms with E-state index in [-0.39, 0.29) is 11.6 Å². The number of hydrogen-bond acceptors (Lipinski definition) is 5. The van der Waals surface area contributed by atoms with E-state index >= 15 is 0 Å². The quantitative estimate of drug-likeness (QED) is 0.420. The maximum Gasteiger partial charge on any atom is 0.270 e. The number of hydrogen-bond donors (Lipinski definition) is 2. The van der Waals surface area contributed by atoms with Crippen LogP contribution in [0.5, 0.6) is 0 Å². The Labute approximate surface area is 166 Å². The molecular formula is C19H19ClN4O4. The second-order valence-electron chi connectivity index (χ2n) is 6.29. The SMILES string of the molecule is CC(C)C(NC(=O)c1cccc(Cl)c1)C(=O)N/N=C\c1cccc([N+](=O)[O-])c1. The van der Waals surface area contributed by atoms with Crippen molar-refractivity contribution >= 4 is 35.3 Å². The molecule has 2 amide bonds. The highest BCUT2D eigenvalue weighted by Crippen LogP contribution is 2.12. The highest BCUT2D eigenvalue weighted by molar-refractivity contribution is 6.31. The maximum absolute atomic E-state index is 12.4. The van der Waals surface area contributed by atoms with Crippen LogP contribution in [0.1, 0.15) is 29.8 Å². The summed E-state index contributed by atoms with van der Waals surface area (Å²) < 4.78 is 0. The molecule has 0 aliphatic heterocycles. The van der Waals surface area contributed by atoms with E-state index in [2.05, 4.69) is 15.8 Å². The second kappa shape index (κ2) is 9.61. The van der Waals surface area contributed by atoms with E-state index in [0.29, 0.717) is 16.1 Å². The summed E-state index contributed by atoms with van der Waals surface area (Å²) in [4.78, 5) is 35.0. The van der Waals surface area contributed by atoms with Gasteiger partial charge in [0.2, 0.25) is 0 Å². The number of nitrogens with one attached hydrogen (secondary N) is 2. The monoisotopic (exact) mass is 402 g/mol. The molecule has 0 aliphatic carbocycles. The number of halogens is 1. The van der Waals surface area contributed by atoms with Gasteiger partial charge in [-0.25, -0.2) is 5.43 Å². The lowest BCUT2D eigenvalue weighted by molar-refractivity contribution is -0.384. The second-order valence-corrected chi connectivity index (χ2v) is 6.73. The van der Waals surface area contributed by atoms with E-state index in [9.17, 15) is 19.7 Å². The summed E-state index contributed by atoms with van der Waals surface area (Å²) in [5.74, 6) is -1.14. The van der Waals surface area contributed by atoms with Gasteiger partial charge in [0.15, 0.2) is 0 Å². The molecule has 2 rings (SSSR count). The van der Waals surface area contributed by atoms with Crippen LogP contribution in [-0.4, -0.2) is 29.0 Å². The minimum Gasteiger partial charge on any atom is -0.340 e. The van der Waals surface area contributed by atoms with Crippen LogP contribution in [0.15, 0.2) is 53.6 Å². The smallest absolute Gasteiger partial charge is 0.270 e. The number of nitrogens with zero attached hydrogens (tertiary/aromatic N) is 2. The Hall–Kier alpha value is -3.26. The highest BCUT2D eigenvalue weighted by Gasteiger charge is 2.24. The molecule has 0 aromatic heterocycles. The Morgan fingerprint density at radius 2 is 1.89 bits per heavy atom. The number of nitro benzene ring substituents is 1. The average molecular weight is 403 g/mol. The summed E-state index contributed by atoms with van der Waals surface area (Å²) in [5.41, 5.74) is 3.07. The van der Waals surface area contributed by atoms with Crippen molar-refractivity contribution in [1.82, 2.24) is 10.7 Å². The molecule has 9 heteroatoms. The fourth-order valence-electron chi connectivity index (χ4n) is 2.35. The molecule has 2 aromatic carbocycles. The molecule has 0 saturated heterocycles. The van der Waals surface area contributed by atoms with Crippen molar-refractivity contribution in [2.45, 2.75) is 19.9 Å². The van der Waals surface area contributed by atoms with Crippen molar-refractivity contribution in [1.29, 1.82) is 0 Å². The van der Waals surface area contributed by atoms with E-state index in [4.69, 9.17) is 11.6 Å². The van der Waals surface area contributed by atoms with E-state index < -0.39 is 22.8 Å². The largest absolute Gasteiger partial charge is 0.340 e. The molecule has 0 aliphatic rings. The van der Waals surface area contributed by atoms with Gasteiger partial charge in [0.1, 0.15) is 6.04 Å². The van der Waals surface area contributed by atoms with Crippen LogP contribution in [0.2, 0.25) is 5.02 Å². The summed E-state index contributed by atoms with van der Waals surface area (Å²) in [6.45, 7) is 3.57. The molecule has 0 heterocycles. The van der Waals surface area contributed by atoms with Gasteiger partial charge in [0.05, 0.1) is 11.1 Å². The first-order valence-electron chi connectivity index (χ1n) is 8.41. The molecule has 1 unspecified atom stereocenters. The van der Waals surface area contributed by atoms with E-state index in [1.54, 1.807) is 38.1 Å². The Morgan fingerprint density at radius 1 is 1.18 bits per heavy atom. The van der Waals surface area contributed by atoms with E-state index in [1.165, 1.54) is 30.5 Å². The van der Waals surface area contributed by atoms with Crippen LogP contribution in [0, 0.1) is 16.0 Å². The third kappa shape index (κ3) is 5.88. The van der Waals surface area contributed by atoms with Crippen molar-refractivity contribution < 1.29 is 14.5 Å². The molecule has 1 atom stereocenters. The van der Waals surface area contributed by atoms with Crippen molar-refractivity contribution in [2.75, 3.05) is 0 Å². The van der Waals surface area contributed by atoms with Crippen molar-refractivity contribution in [2.24, 2.45) is 11.0 Å². The number of benzene rings is 2. The van der Waals surface area contributed by atoms with Crippen molar-refractivity contribution in [3.05, 3.63) is 74.8 Å². The summed E-state index contributed by atoms with van der Waals surface area (Å²) in [6.07, 6.45) is 1.29. The van der Waals surface area contributed by atoms with Crippen molar-refractivity contribution in [3.8, 4) is 0 Å². The lowest BCUT2D eigenvalue weighted by atomic mass is 10.0. The van der Waals surface area contributed by atoms with Gasteiger partial charge in [-0.15, -0.1) is 0 Å². The zero-order valence-corrected chi connectivity index (χ0v) is 16.0. The number of carbonyl (C=O) groups is 2. The van der Waals surface area contributed by atoms with Crippen molar-refractivity contribution in [3.63, 3.8) is 0 Å². The molecule has 0 fully saturated rings. The molecule has 8 nitrogen and oxygen atoms in total. The first-order valence-corrected chi connectivity index (χ1v) is 8.79. The van der Waals surface area contributed by atoms with Gasteiger partial charge < -0.3 is 5.32 Å². The standard InChI is InChI=1S/C19H19ClN4O4/c1-12(2)17(22-18(25)14-6-4-7-15(20)10-14)19(26)23-21-11-13-5-3-8-16(9-13)24(27)28/h3-12,17H,1-2H3,(H,22,25)(H,23,26)/b21-11-. The molecule has 0 spiro atoms. The first-order chi connectivity index (χ1) is 13.3. The Morgan fingerprint density at radius 3 is 2.54 bits per heavy atom. The zero-order chi connectivity index (χ0) is 20.7. The predicted molar refractivity (Wildman–Crippen MR) is 106 cm³/mol. The topological polar surface area (TPSA) is 114 Å². The molecule has 0 bridgehead atoms. The fourth-order valence-corrected chi connectivity index (χ4v) is 2.54. The Balaban J connectivity index is 2.03. The Bertz CT molecular complexity index is 914. The van der Waals surface area contributed by atoms with Gasteiger partial charge in [-0.1, -0.05) is 43.6 Å². The molecule has 2 aromatic rings. The number of amides is 2. The lowest BCUT2D eigenvalue weighted by Gasteiger charge is -2.20. The third-order valence-corrected chi connectivity index (χ3v) is 4.03. The molecule has 146 valence electrons. The minimum absolute atomic E-state index is 0.0795. The van der Waals surface area contributed by atoms with Crippen LogP contribution < -0.4 is 10.7 Å². The van der Waals surface area contributed by atoms with Crippen LogP contribution in [-0.2, 0) is 4.79 Å². The first kappa shape index (κ1) is 21.0. The summed E-state index contributed by atoms with van der Waals surface area (Å²) >= 11 is 5.89. The van der Waals surface area contributed by atoms with Crippen LogP contribution in [0.4, 0.5) is 5.69 Å². The number of rotatable bonds is 7. The van der Waals surface area contributed by atoms with Crippen LogP contribution in [0.25, 0.3) is 0 Å². The fraction of sp³-hybridized carbons (Fsp3) is 0.211. The van der Waals surface area contributed by atoms with Gasteiger partial charge in [0.25, 0.3) is 17.5 Å². The number of carbonyl (C=O) groups excluding carboxylic acids is 2. The molecular weight excluding hydrogens is 384 g/mol. The predicted octanol–water partition coefficient (Wildman–Crippen LogP) is 3.15. The van der Waals surface area contributed by atoms with Gasteiger partial charge in [-0.2, -0.15) is 5.10 Å². The zero-order valence-electron chi connectivity index (χ0n) is 15.3. The average Bonchev–Trinajstić information content (AvgIpc) is 2.65. The summed E-state index contributed by atoms with van der Waals surface area (Å²) in [7, 11) is 0. The van der Waals surface area contributed by atoms with Gasteiger partial charge in [0, 0.05) is 28.3 Å². The van der Waals surface area contributed by atoms with Gasteiger partial charge >= 0.3 is 0 Å². The normalized spacial score (nSPS) is 12.0. The lowest BCUT2D eigenvalue weighted by Crippen LogP contribution is -2.48. The maximum atomic E-state index is 12.4. The molecule has 28 heavy (non-hydrogen) atoms. The molecule has 2 N–H and O–H groups in total. The third-order valence-electron chi connectivity index (χ3n) is 3.79. The van der Waals surface area contributed by atoms with Gasteiger partial charge in [-0.05, 0) is 24.1 Å². The number of hydrazone groups is 1. The van der Waals surface area contributed by atoms with Crippen LogP contribution in [0.3, 0.4) is 0 Å². The minimum atomic E-state index is -0.825. The van der Waals surface area contributed by atoms with E-state index in [0.717, 1.165) is 0 Å². The van der Waals surface area contributed by atoms with Gasteiger partial charge in [-0.3, -0.25) is 19.7 Å². The number of non-ortho nitro benzene ring substituents is 1. The number of nitro groups is 1. The molecule has 0 radical (unpaired) electrons. The molecule has 0 saturated carbocycles. The highest BCUT2D eigenvalue weighted by atomic mass is 35.5. The summed E-state index contributed by atoms with van der Waals surface area (Å²) in [5, 5.41) is 17.7. The van der Waals surface area contributed by atoms with E-state index in [1.807, 2.05) is 0 Å². The Kier molecular flexibility index (Phi) is 7.22. The van der Waals surface area contributed by atoms with Crippen LogP contribution >= 0.6 is 11.6 Å². The summed E-state index contributed by atoms with van der Waals surface area (Å²) in [6, 6.07) is 11.4.